The standard InChI is InChI=1S/C20H24FN3O4S/c1-14(2)19(23-29(27,28)17-7-5-4-6-8-17)20(26)24(3)13-18(25)22-16-11-9-15(21)10-12-16/h4-12,14,19,23H,13H2,1-3H3,(H,22,25)/t19-/m1/s1. The highest BCUT2D eigenvalue weighted by Gasteiger charge is 2.31. The van der Waals surface area contributed by atoms with Crippen LogP contribution in [0.25, 0.3) is 0 Å². The van der Waals surface area contributed by atoms with Gasteiger partial charge in [-0.15, -0.1) is 0 Å². The number of likely N-dealkylation sites (N-methyl/N-ethyl adjacent to an activating group) is 1. The number of hydrogen-bond donors (Lipinski definition) is 2. The van der Waals surface area contributed by atoms with Gasteiger partial charge in [0.25, 0.3) is 0 Å². The van der Waals surface area contributed by atoms with Crippen molar-refractivity contribution in [3.05, 3.63) is 60.4 Å². The summed E-state index contributed by atoms with van der Waals surface area (Å²) in [4.78, 5) is 26.2. The third-order valence-electron chi connectivity index (χ3n) is 4.15. The van der Waals surface area contributed by atoms with Crippen LogP contribution in [-0.4, -0.2) is 44.8 Å². The molecule has 0 saturated carbocycles. The number of nitrogens with zero attached hydrogens (tertiary/aromatic N) is 1. The predicted octanol–water partition coefficient (Wildman–Crippen LogP) is 2.23. The number of benzene rings is 2. The van der Waals surface area contributed by atoms with Crippen LogP contribution < -0.4 is 10.0 Å². The van der Waals surface area contributed by atoms with E-state index < -0.39 is 33.7 Å². The molecule has 0 aromatic heterocycles. The first-order valence-electron chi connectivity index (χ1n) is 8.98. The fourth-order valence-electron chi connectivity index (χ4n) is 2.57. The number of nitrogens with one attached hydrogen (secondary N) is 2. The molecular weight excluding hydrogens is 397 g/mol. The van der Waals surface area contributed by atoms with Gasteiger partial charge >= 0.3 is 0 Å². The van der Waals surface area contributed by atoms with E-state index in [0.29, 0.717) is 5.69 Å². The molecule has 156 valence electrons. The zero-order valence-corrected chi connectivity index (χ0v) is 17.2. The topological polar surface area (TPSA) is 95.6 Å². The van der Waals surface area contributed by atoms with E-state index in [-0.39, 0.29) is 17.4 Å². The average Bonchev–Trinajstić information content (AvgIpc) is 2.68. The van der Waals surface area contributed by atoms with Gasteiger partial charge in [0.15, 0.2) is 0 Å². The zero-order chi connectivity index (χ0) is 21.6. The summed E-state index contributed by atoms with van der Waals surface area (Å²) in [5.74, 6) is -1.79. The highest BCUT2D eigenvalue weighted by molar-refractivity contribution is 7.89. The Morgan fingerprint density at radius 3 is 2.17 bits per heavy atom. The third kappa shape index (κ3) is 6.37. The molecule has 0 radical (unpaired) electrons. The van der Waals surface area contributed by atoms with Gasteiger partial charge in [-0.05, 0) is 42.3 Å². The monoisotopic (exact) mass is 421 g/mol. The largest absolute Gasteiger partial charge is 0.335 e. The minimum absolute atomic E-state index is 0.0511. The molecule has 0 spiro atoms. The summed E-state index contributed by atoms with van der Waals surface area (Å²) in [6.07, 6.45) is 0. The van der Waals surface area contributed by atoms with Crippen molar-refractivity contribution >= 4 is 27.5 Å². The number of anilines is 1. The molecule has 7 nitrogen and oxygen atoms in total. The van der Waals surface area contributed by atoms with Crippen molar-refractivity contribution < 1.29 is 22.4 Å². The van der Waals surface area contributed by atoms with E-state index in [9.17, 15) is 22.4 Å². The van der Waals surface area contributed by atoms with E-state index in [2.05, 4.69) is 10.0 Å². The first-order valence-corrected chi connectivity index (χ1v) is 10.5. The number of rotatable bonds is 8. The molecule has 0 saturated heterocycles. The molecule has 2 N–H and O–H groups in total. The zero-order valence-electron chi connectivity index (χ0n) is 16.4. The maximum Gasteiger partial charge on any atom is 0.243 e. The summed E-state index contributed by atoms with van der Waals surface area (Å²) in [7, 11) is -2.48. The summed E-state index contributed by atoms with van der Waals surface area (Å²) >= 11 is 0. The molecule has 0 aliphatic carbocycles. The van der Waals surface area contributed by atoms with Crippen LogP contribution in [0.4, 0.5) is 10.1 Å². The van der Waals surface area contributed by atoms with Crippen LogP contribution in [0, 0.1) is 11.7 Å². The number of carbonyl (C=O) groups excluding carboxylic acids is 2. The molecule has 29 heavy (non-hydrogen) atoms. The molecule has 1 atom stereocenters. The lowest BCUT2D eigenvalue weighted by Crippen LogP contribution is -2.51. The third-order valence-corrected chi connectivity index (χ3v) is 5.61. The lowest BCUT2D eigenvalue weighted by molar-refractivity contribution is -0.135. The Kier molecular flexibility index (Phi) is 7.46. The van der Waals surface area contributed by atoms with Gasteiger partial charge in [0.1, 0.15) is 11.9 Å². The molecule has 0 unspecified atom stereocenters. The van der Waals surface area contributed by atoms with Gasteiger partial charge in [0.2, 0.25) is 21.8 Å². The van der Waals surface area contributed by atoms with Gasteiger partial charge in [0.05, 0.1) is 11.4 Å². The van der Waals surface area contributed by atoms with Crippen LogP contribution in [0.2, 0.25) is 0 Å². The SMILES string of the molecule is CC(C)[C@@H](NS(=O)(=O)c1ccccc1)C(=O)N(C)CC(=O)Nc1ccc(F)cc1. The molecule has 0 bridgehead atoms. The first-order chi connectivity index (χ1) is 13.6. The first kappa shape index (κ1) is 22.5. The number of halogens is 1. The summed E-state index contributed by atoms with van der Waals surface area (Å²) in [5, 5.41) is 2.56. The van der Waals surface area contributed by atoms with E-state index in [1.165, 1.54) is 43.4 Å². The van der Waals surface area contributed by atoms with Crippen LogP contribution in [0.5, 0.6) is 0 Å². The molecule has 0 aliphatic rings. The molecule has 9 heteroatoms. The molecule has 2 rings (SSSR count). The summed E-state index contributed by atoms with van der Waals surface area (Å²) < 4.78 is 40.5. The lowest BCUT2D eigenvalue weighted by atomic mass is 10.0. The average molecular weight is 421 g/mol. The Bertz CT molecular complexity index is 947. The number of hydrogen-bond acceptors (Lipinski definition) is 4. The second-order valence-corrected chi connectivity index (χ2v) is 8.62. The van der Waals surface area contributed by atoms with Crippen molar-refractivity contribution in [2.75, 3.05) is 18.9 Å². The van der Waals surface area contributed by atoms with E-state index in [4.69, 9.17) is 0 Å². The predicted molar refractivity (Wildman–Crippen MR) is 108 cm³/mol. The van der Waals surface area contributed by atoms with Crippen LogP contribution in [0.3, 0.4) is 0 Å². The summed E-state index contributed by atoms with van der Waals surface area (Å²) in [6.45, 7) is 3.14. The summed E-state index contributed by atoms with van der Waals surface area (Å²) in [6, 6.07) is 11.9. The quantitative estimate of drug-likeness (QED) is 0.683. The lowest BCUT2D eigenvalue weighted by Gasteiger charge is -2.26. The maximum absolute atomic E-state index is 12.9. The Morgan fingerprint density at radius 1 is 1.03 bits per heavy atom. The molecule has 2 aromatic rings. The highest BCUT2D eigenvalue weighted by Crippen LogP contribution is 2.13. The molecular formula is C20H24FN3O4S. The molecule has 2 aromatic carbocycles. The van der Waals surface area contributed by atoms with Crippen LogP contribution in [-0.2, 0) is 19.6 Å². The Balaban J connectivity index is 2.05. The van der Waals surface area contributed by atoms with E-state index in [1.54, 1.807) is 32.0 Å². The molecule has 0 aliphatic heterocycles. The van der Waals surface area contributed by atoms with Crippen LogP contribution in [0.1, 0.15) is 13.8 Å². The fraction of sp³-hybridized carbons (Fsp3) is 0.300. The second kappa shape index (κ2) is 9.62. The highest BCUT2D eigenvalue weighted by atomic mass is 32.2. The maximum atomic E-state index is 12.9. The Labute approximate surface area is 170 Å². The summed E-state index contributed by atoms with van der Waals surface area (Å²) in [5.41, 5.74) is 0.391. The van der Waals surface area contributed by atoms with Gasteiger partial charge in [-0.25, -0.2) is 12.8 Å². The minimum atomic E-state index is -3.90. The van der Waals surface area contributed by atoms with Gasteiger partial charge in [-0.1, -0.05) is 32.0 Å². The van der Waals surface area contributed by atoms with Gasteiger partial charge in [-0.3, -0.25) is 9.59 Å². The van der Waals surface area contributed by atoms with Crippen molar-refractivity contribution in [2.45, 2.75) is 24.8 Å². The molecule has 0 fully saturated rings. The second-order valence-electron chi connectivity index (χ2n) is 6.91. The Hall–Kier alpha value is -2.78. The van der Waals surface area contributed by atoms with Crippen molar-refractivity contribution in [1.29, 1.82) is 0 Å². The van der Waals surface area contributed by atoms with Gasteiger partial charge in [0, 0.05) is 12.7 Å². The molecule has 2 amide bonds. The van der Waals surface area contributed by atoms with E-state index in [1.807, 2.05) is 0 Å². The molecule has 0 heterocycles. The van der Waals surface area contributed by atoms with Gasteiger partial charge in [-0.2, -0.15) is 4.72 Å². The minimum Gasteiger partial charge on any atom is -0.335 e. The van der Waals surface area contributed by atoms with Crippen LogP contribution in [0.15, 0.2) is 59.5 Å². The Morgan fingerprint density at radius 2 is 1.62 bits per heavy atom. The van der Waals surface area contributed by atoms with Crippen LogP contribution >= 0.6 is 0 Å². The normalized spacial score (nSPS) is 12.4. The van der Waals surface area contributed by atoms with Gasteiger partial charge < -0.3 is 10.2 Å². The number of carbonyl (C=O) groups is 2. The fourth-order valence-corrected chi connectivity index (χ4v) is 3.93. The number of sulfonamides is 1. The van der Waals surface area contributed by atoms with Crippen molar-refractivity contribution in [3.63, 3.8) is 0 Å². The van der Waals surface area contributed by atoms with E-state index in [0.717, 1.165) is 4.90 Å². The van der Waals surface area contributed by atoms with Crippen molar-refractivity contribution in [3.8, 4) is 0 Å². The number of amides is 2. The van der Waals surface area contributed by atoms with Crippen molar-refractivity contribution in [1.82, 2.24) is 9.62 Å². The van der Waals surface area contributed by atoms with E-state index >= 15 is 0 Å². The van der Waals surface area contributed by atoms with Crippen molar-refractivity contribution in [2.24, 2.45) is 5.92 Å². The smallest absolute Gasteiger partial charge is 0.243 e.